The summed E-state index contributed by atoms with van der Waals surface area (Å²) in [5, 5.41) is 14.2. The summed E-state index contributed by atoms with van der Waals surface area (Å²) in [4.78, 5) is 13.7. The Morgan fingerprint density at radius 2 is 2.00 bits per heavy atom. The van der Waals surface area contributed by atoms with Crippen LogP contribution < -0.4 is 10.6 Å². The highest BCUT2D eigenvalue weighted by molar-refractivity contribution is 5.59. The summed E-state index contributed by atoms with van der Waals surface area (Å²) in [6, 6.07) is 5.53. The van der Waals surface area contributed by atoms with Crippen LogP contribution in [0.5, 0.6) is 0 Å². The number of anilines is 2. The van der Waals surface area contributed by atoms with Gasteiger partial charge < -0.3 is 20.2 Å². The molecule has 0 aromatic carbocycles. The van der Waals surface area contributed by atoms with Crippen molar-refractivity contribution in [3.05, 3.63) is 24.5 Å². The number of rotatable bonds is 6. The Morgan fingerprint density at radius 1 is 1.21 bits per heavy atom. The first-order valence-electron chi connectivity index (χ1n) is 9.66. The minimum atomic E-state index is -0.592. The van der Waals surface area contributed by atoms with Crippen molar-refractivity contribution in [2.24, 2.45) is 0 Å². The van der Waals surface area contributed by atoms with Crippen LogP contribution >= 0.6 is 0 Å². The summed E-state index contributed by atoms with van der Waals surface area (Å²) in [7, 11) is 0. The number of nitrogens with two attached hydrogens (primary N) is 1. The van der Waals surface area contributed by atoms with Crippen LogP contribution in [0.2, 0.25) is 0 Å². The quantitative estimate of drug-likeness (QED) is 0.659. The third kappa shape index (κ3) is 4.10. The van der Waals surface area contributed by atoms with Gasteiger partial charge in [-0.3, -0.25) is 4.90 Å². The molecule has 0 aliphatic carbocycles. The minimum Gasteiger partial charge on any atom is -0.461 e. The van der Waals surface area contributed by atoms with Crippen LogP contribution in [-0.4, -0.2) is 67.9 Å². The van der Waals surface area contributed by atoms with Gasteiger partial charge in [0, 0.05) is 32.2 Å². The zero-order chi connectivity index (χ0) is 19.7. The van der Waals surface area contributed by atoms with Gasteiger partial charge in [-0.2, -0.15) is 9.50 Å². The third-order valence-corrected chi connectivity index (χ3v) is 5.04. The Bertz CT molecular complexity index is 922. The first-order valence-corrected chi connectivity index (χ1v) is 9.66. The van der Waals surface area contributed by atoms with E-state index in [9.17, 15) is 5.11 Å². The van der Waals surface area contributed by atoms with Crippen molar-refractivity contribution >= 4 is 17.4 Å². The summed E-state index contributed by atoms with van der Waals surface area (Å²) < 4.78 is 6.91. The van der Waals surface area contributed by atoms with Gasteiger partial charge in [-0.25, -0.2) is 4.98 Å². The molecule has 150 valence electrons. The van der Waals surface area contributed by atoms with Crippen LogP contribution in [0.4, 0.5) is 11.8 Å². The van der Waals surface area contributed by atoms with E-state index in [1.54, 1.807) is 12.3 Å². The molecule has 1 aliphatic rings. The first-order chi connectivity index (χ1) is 13.4. The van der Waals surface area contributed by atoms with Gasteiger partial charge in [-0.05, 0) is 45.4 Å². The number of nitrogens with zero attached hydrogens (tertiary/aromatic N) is 6. The highest BCUT2D eigenvalue weighted by Crippen LogP contribution is 2.22. The normalized spacial score (nSPS) is 16.2. The lowest BCUT2D eigenvalue weighted by atomic mass is 10.0. The second-order valence-electron chi connectivity index (χ2n) is 7.90. The van der Waals surface area contributed by atoms with Crippen LogP contribution in [-0.2, 0) is 0 Å². The van der Waals surface area contributed by atoms with Crippen molar-refractivity contribution < 1.29 is 9.52 Å². The Hall–Kier alpha value is -2.65. The molecule has 4 heterocycles. The van der Waals surface area contributed by atoms with Crippen LogP contribution in [0.1, 0.15) is 26.7 Å². The predicted molar refractivity (Wildman–Crippen MR) is 107 cm³/mol. The second kappa shape index (κ2) is 7.40. The fourth-order valence-electron chi connectivity index (χ4n) is 3.51. The molecule has 3 N–H and O–H groups in total. The lowest BCUT2D eigenvalue weighted by Gasteiger charge is -2.35. The number of fused-ring (bicyclic) bond motifs is 1. The molecule has 9 nitrogen and oxygen atoms in total. The number of aliphatic hydroxyl groups is 1. The summed E-state index contributed by atoms with van der Waals surface area (Å²) in [5.74, 6) is 2.22. The molecule has 1 fully saturated rings. The van der Waals surface area contributed by atoms with Gasteiger partial charge in [-0.1, -0.05) is 0 Å². The summed E-state index contributed by atoms with van der Waals surface area (Å²) in [6.45, 7) is 8.40. The van der Waals surface area contributed by atoms with Gasteiger partial charge in [0.05, 0.1) is 11.9 Å². The zero-order valence-corrected chi connectivity index (χ0v) is 16.4. The van der Waals surface area contributed by atoms with Gasteiger partial charge >= 0.3 is 0 Å². The second-order valence-corrected chi connectivity index (χ2v) is 7.90. The standard InChI is InChI=1S/C19H27N7O2/c1-19(2,27)6-4-7-24-8-10-25(11-9-24)15-13-16-21-17(14-5-3-12-28-14)23-26(16)18(20)22-15/h3,5,12-13,27H,4,6-11H2,1-2H3,(H2,20,22). The van der Waals surface area contributed by atoms with E-state index < -0.39 is 5.60 Å². The van der Waals surface area contributed by atoms with Crippen LogP contribution in [0.25, 0.3) is 17.2 Å². The predicted octanol–water partition coefficient (Wildman–Crippen LogP) is 1.64. The molecular formula is C19H27N7O2. The number of nitrogen functional groups attached to an aromatic ring is 1. The largest absolute Gasteiger partial charge is 0.461 e. The SMILES string of the molecule is CC(C)(O)CCCN1CCN(c2cc3nc(-c4ccco4)nn3c(N)n2)CC1. The summed E-state index contributed by atoms with van der Waals surface area (Å²) in [6.07, 6.45) is 3.40. The van der Waals surface area contributed by atoms with Crippen molar-refractivity contribution in [3.8, 4) is 11.6 Å². The maximum absolute atomic E-state index is 9.85. The Balaban J connectivity index is 1.42. The number of furan rings is 1. The number of hydrogen-bond acceptors (Lipinski definition) is 8. The highest BCUT2D eigenvalue weighted by atomic mass is 16.3. The van der Waals surface area contributed by atoms with Gasteiger partial charge in [0.25, 0.3) is 0 Å². The van der Waals surface area contributed by atoms with Crippen molar-refractivity contribution in [2.45, 2.75) is 32.3 Å². The summed E-state index contributed by atoms with van der Waals surface area (Å²) >= 11 is 0. The minimum absolute atomic E-state index is 0.311. The summed E-state index contributed by atoms with van der Waals surface area (Å²) in [5.41, 5.74) is 6.18. The van der Waals surface area contributed by atoms with Crippen molar-refractivity contribution in [3.63, 3.8) is 0 Å². The monoisotopic (exact) mass is 385 g/mol. The van der Waals surface area contributed by atoms with E-state index in [-0.39, 0.29) is 0 Å². The molecule has 0 unspecified atom stereocenters. The topological polar surface area (TPSA) is 109 Å². The molecule has 3 aromatic heterocycles. The van der Waals surface area contributed by atoms with Crippen LogP contribution in [0.15, 0.2) is 28.9 Å². The number of aromatic nitrogens is 4. The molecular weight excluding hydrogens is 358 g/mol. The fraction of sp³-hybridized carbons (Fsp3) is 0.526. The van der Waals surface area contributed by atoms with Gasteiger partial charge in [-0.15, -0.1) is 5.10 Å². The van der Waals surface area contributed by atoms with Crippen LogP contribution in [0.3, 0.4) is 0 Å². The molecule has 4 rings (SSSR count). The van der Waals surface area contributed by atoms with Crippen molar-refractivity contribution in [2.75, 3.05) is 43.4 Å². The Morgan fingerprint density at radius 3 is 2.68 bits per heavy atom. The van der Waals surface area contributed by atoms with Crippen molar-refractivity contribution in [1.82, 2.24) is 24.5 Å². The lowest BCUT2D eigenvalue weighted by Crippen LogP contribution is -2.47. The lowest BCUT2D eigenvalue weighted by molar-refractivity contribution is 0.0647. The molecule has 0 amide bonds. The van der Waals surface area contributed by atoms with Gasteiger partial charge in [0.1, 0.15) is 5.82 Å². The molecule has 1 saturated heterocycles. The van der Waals surface area contributed by atoms with E-state index in [0.29, 0.717) is 23.2 Å². The van der Waals surface area contributed by atoms with E-state index in [2.05, 4.69) is 24.9 Å². The molecule has 9 heteroatoms. The molecule has 0 spiro atoms. The Labute approximate surface area is 163 Å². The Kier molecular flexibility index (Phi) is 4.94. The third-order valence-electron chi connectivity index (χ3n) is 5.04. The maximum Gasteiger partial charge on any atom is 0.225 e. The highest BCUT2D eigenvalue weighted by Gasteiger charge is 2.21. The molecule has 0 atom stereocenters. The average Bonchev–Trinajstić information content (AvgIpc) is 3.31. The van der Waals surface area contributed by atoms with E-state index in [1.165, 1.54) is 4.52 Å². The molecule has 0 radical (unpaired) electrons. The fourth-order valence-corrected chi connectivity index (χ4v) is 3.51. The zero-order valence-electron chi connectivity index (χ0n) is 16.4. The van der Waals surface area contributed by atoms with Crippen LogP contribution in [0, 0.1) is 0 Å². The number of hydrogen-bond donors (Lipinski definition) is 2. The van der Waals surface area contributed by atoms with Crippen molar-refractivity contribution in [1.29, 1.82) is 0 Å². The average molecular weight is 385 g/mol. The van der Waals surface area contributed by atoms with Gasteiger partial charge in [0.15, 0.2) is 11.4 Å². The molecule has 28 heavy (non-hydrogen) atoms. The van der Waals surface area contributed by atoms with Gasteiger partial charge in [0.2, 0.25) is 11.8 Å². The number of piperazine rings is 1. The molecule has 0 bridgehead atoms. The molecule has 0 saturated carbocycles. The smallest absolute Gasteiger partial charge is 0.225 e. The van der Waals surface area contributed by atoms with E-state index in [0.717, 1.165) is 51.4 Å². The molecule has 1 aliphatic heterocycles. The first kappa shape index (κ1) is 18.7. The maximum atomic E-state index is 9.85. The molecule has 3 aromatic rings. The van der Waals surface area contributed by atoms with E-state index in [4.69, 9.17) is 10.2 Å². The van der Waals surface area contributed by atoms with E-state index in [1.807, 2.05) is 26.0 Å². The van der Waals surface area contributed by atoms with E-state index >= 15 is 0 Å².